The van der Waals surface area contributed by atoms with Crippen molar-refractivity contribution in [2.45, 2.75) is 0 Å². The van der Waals surface area contributed by atoms with Gasteiger partial charge in [0.1, 0.15) is 0 Å². The maximum Gasteiger partial charge on any atom is 0.0641 e. The average molecular weight is 1400 g/mol. The lowest BCUT2D eigenvalue weighted by Crippen LogP contribution is -1.97. The predicted octanol–water partition coefficient (Wildman–Crippen LogP) is 28.6. The first kappa shape index (κ1) is 63.9. The zero-order chi connectivity index (χ0) is 72.6. The van der Waals surface area contributed by atoms with Gasteiger partial charge in [-0.1, -0.05) is 303 Å². The molecule has 4 nitrogen and oxygen atoms in total. The maximum absolute atomic E-state index is 2.51. The number of aromatic nitrogens is 4. The highest BCUT2D eigenvalue weighted by Gasteiger charge is 2.25. The van der Waals surface area contributed by atoms with Crippen molar-refractivity contribution in [1.82, 2.24) is 18.3 Å². The number of rotatable bonds is 11. The number of para-hydroxylation sites is 5. The summed E-state index contributed by atoms with van der Waals surface area (Å²) in [5.74, 6) is 0. The van der Waals surface area contributed by atoms with Crippen molar-refractivity contribution in [3.05, 3.63) is 425 Å². The molecule has 4 heterocycles. The number of fused-ring (bicyclic) bond motifs is 15. The zero-order valence-corrected chi connectivity index (χ0v) is 60.2. The minimum Gasteiger partial charge on any atom is -0.309 e. The lowest BCUT2D eigenvalue weighted by molar-refractivity contribution is 1.17. The molecule has 0 N–H and O–H groups in total. The average Bonchev–Trinajstić information content (AvgIpc) is 1.55. The predicted molar refractivity (Wildman–Crippen MR) is 466 cm³/mol. The van der Waals surface area contributed by atoms with Crippen LogP contribution in [0.3, 0.4) is 0 Å². The number of nitrogens with zero attached hydrogens (tertiary/aromatic N) is 4. The van der Waals surface area contributed by atoms with Gasteiger partial charge in [-0.3, -0.25) is 0 Å². The van der Waals surface area contributed by atoms with Crippen LogP contribution in [0.2, 0.25) is 0 Å². The van der Waals surface area contributed by atoms with Crippen LogP contribution in [0, 0.1) is 0 Å². The van der Waals surface area contributed by atoms with Crippen molar-refractivity contribution in [1.29, 1.82) is 0 Å². The molecule has 0 bridgehead atoms. The minimum absolute atomic E-state index is 1.13. The molecule has 0 aliphatic carbocycles. The standard InChI is InChI=1S/C58H38N2.C48H32N2/c1-4-16-39(17-5-1)44-34-45(40-18-6-2-7-19-40)36-46(35-44)41-28-30-47(31-29-41)59-55-27-15-13-25-52(55)57-56(59)33-32-51-50-24-12-14-26-54(50)60(58(51)57)48-37-43-22-10-11-23-49(43)53(38-48)42-20-8-3-9-21-42;1-4-14-33(15-5-1)36-30-37(34-16-6-2-7-17-34)32-38(31-36)35-24-26-40(27-25-35)49-45-23-13-11-21-43(45)47-46(49)29-28-42-41-20-10-12-22-44(41)50(48(42)47)39-18-8-3-9-19-39/h1-38H;1-32H. The molecule has 0 amide bonds. The van der Waals surface area contributed by atoms with E-state index < -0.39 is 0 Å². The zero-order valence-electron chi connectivity index (χ0n) is 60.2. The van der Waals surface area contributed by atoms with Gasteiger partial charge in [0.25, 0.3) is 0 Å². The maximum atomic E-state index is 2.51. The van der Waals surface area contributed by atoms with E-state index in [1.54, 1.807) is 0 Å². The van der Waals surface area contributed by atoms with Crippen LogP contribution in [-0.4, -0.2) is 18.3 Å². The van der Waals surface area contributed by atoms with Crippen LogP contribution < -0.4 is 0 Å². The van der Waals surface area contributed by atoms with Crippen LogP contribution in [-0.2, 0) is 0 Å². The van der Waals surface area contributed by atoms with Gasteiger partial charge in [0.05, 0.1) is 44.1 Å². The Morgan fingerprint density at radius 3 is 0.800 bits per heavy atom. The summed E-state index contributed by atoms with van der Waals surface area (Å²) in [6, 6.07) is 155. The van der Waals surface area contributed by atoms with E-state index >= 15 is 0 Å². The summed E-state index contributed by atoms with van der Waals surface area (Å²) in [7, 11) is 0. The van der Waals surface area contributed by atoms with E-state index in [0.29, 0.717) is 0 Å². The topological polar surface area (TPSA) is 19.7 Å². The third kappa shape index (κ3) is 10.9. The van der Waals surface area contributed by atoms with Crippen LogP contribution in [0.4, 0.5) is 0 Å². The van der Waals surface area contributed by atoms with Crippen molar-refractivity contribution in [2.75, 3.05) is 0 Å². The normalized spacial score (nSPS) is 11.6. The van der Waals surface area contributed by atoms with E-state index in [1.165, 1.54) is 182 Å². The highest BCUT2D eigenvalue weighted by atomic mass is 15.0. The smallest absolute Gasteiger partial charge is 0.0641 e. The Morgan fingerprint density at radius 2 is 0.418 bits per heavy atom. The molecule has 18 aromatic carbocycles. The Balaban J connectivity index is 0.000000142. The van der Waals surface area contributed by atoms with Crippen LogP contribution in [0.25, 0.3) is 199 Å². The molecule has 22 rings (SSSR count). The Hall–Kier alpha value is -14.6. The number of hydrogen-bond donors (Lipinski definition) is 0. The summed E-state index contributed by atoms with van der Waals surface area (Å²) in [6.45, 7) is 0. The van der Waals surface area contributed by atoms with Crippen molar-refractivity contribution in [3.8, 4) is 101 Å². The molecule has 0 atom stereocenters. The fraction of sp³-hybridized carbons (Fsp3) is 0. The molecule has 0 spiro atoms. The fourth-order valence-electron chi connectivity index (χ4n) is 17.4. The van der Waals surface area contributed by atoms with Crippen LogP contribution in [0.5, 0.6) is 0 Å². The Bertz CT molecular complexity index is 7140. The minimum atomic E-state index is 1.13. The monoisotopic (exact) mass is 1400 g/mol. The first-order chi connectivity index (χ1) is 54.6. The molecule has 110 heavy (non-hydrogen) atoms. The number of hydrogen-bond acceptors (Lipinski definition) is 0. The summed E-state index contributed by atoms with van der Waals surface area (Å²) in [5.41, 5.74) is 31.2. The van der Waals surface area contributed by atoms with Gasteiger partial charge in [-0.05, 0) is 210 Å². The summed E-state index contributed by atoms with van der Waals surface area (Å²) >= 11 is 0. The van der Waals surface area contributed by atoms with E-state index in [9.17, 15) is 0 Å². The van der Waals surface area contributed by atoms with E-state index in [2.05, 4.69) is 443 Å². The molecule has 0 saturated carbocycles. The molecule has 0 saturated heterocycles. The van der Waals surface area contributed by atoms with Gasteiger partial charge in [-0.25, -0.2) is 0 Å². The largest absolute Gasteiger partial charge is 0.309 e. The molecule has 22 aromatic rings. The van der Waals surface area contributed by atoms with Crippen molar-refractivity contribution in [3.63, 3.8) is 0 Å². The molecular weight excluding hydrogens is 1330 g/mol. The van der Waals surface area contributed by atoms with Crippen LogP contribution in [0.15, 0.2) is 425 Å². The van der Waals surface area contributed by atoms with Gasteiger partial charge in [-0.2, -0.15) is 0 Å². The van der Waals surface area contributed by atoms with Gasteiger partial charge in [-0.15, -0.1) is 0 Å². The Morgan fingerprint density at radius 1 is 0.136 bits per heavy atom. The highest BCUT2D eigenvalue weighted by Crippen LogP contribution is 2.47. The quantitative estimate of drug-likeness (QED) is 0.123. The van der Waals surface area contributed by atoms with Crippen LogP contribution >= 0.6 is 0 Å². The molecule has 0 fully saturated rings. The Kier molecular flexibility index (Phi) is 15.5. The summed E-state index contributed by atoms with van der Waals surface area (Å²) in [5, 5.41) is 12.5. The molecular formula is C106H70N4. The second kappa shape index (κ2) is 26.8. The van der Waals surface area contributed by atoms with Crippen molar-refractivity contribution in [2.24, 2.45) is 0 Å². The first-order valence-corrected chi connectivity index (χ1v) is 37.9. The highest BCUT2D eigenvalue weighted by molar-refractivity contribution is 6.28. The van der Waals surface area contributed by atoms with E-state index in [1.807, 2.05) is 0 Å². The van der Waals surface area contributed by atoms with Crippen LogP contribution in [0.1, 0.15) is 0 Å². The molecule has 0 aliphatic heterocycles. The summed E-state index contributed by atoms with van der Waals surface area (Å²) in [4.78, 5) is 0. The van der Waals surface area contributed by atoms with Crippen molar-refractivity contribution < 1.29 is 0 Å². The molecule has 4 heteroatoms. The van der Waals surface area contributed by atoms with E-state index in [4.69, 9.17) is 0 Å². The molecule has 514 valence electrons. The molecule has 0 aliphatic rings. The molecule has 0 radical (unpaired) electrons. The van der Waals surface area contributed by atoms with Gasteiger partial charge < -0.3 is 18.3 Å². The van der Waals surface area contributed by atoms with Gasteiger partial charge in [0.15, 0.2) is 0 Å². The summed E-state index contributed by atoms with van der Waals surface area (Å²) in [6.07, 6.45) is 0. The van der Waals surface area contributed by atoms with E-state index in [-0.39, 0.29) is 0 Å². The number of benzene rings is 18. The molecule has 0 unspecified atom stereocenters. The third-order valence-corrected chi connectivity index (χ3v) is 22.4. The van der Waals surface area contributed by atoms with Gasteiger partial charge in [0.2, 0.25) is 0 Å². The SMILES string of the molecule is c1ccc(-c2cc(-c3ccccc3)cc(-c3ccc(-n4c5ccccc5c5c4ccc4c6ccccc6n(-c6cc(-c7ccccc7)c7ccccc7c6)c45)cc3)c2)cc1.c1ccc(-c2cc(-c3ccccc3)cc(-c3ccc(-n4c5ccccc5c5c4ccc4c6ccccc6n(-c6ccccc6)c45)cc3)c2)cc1. The Labute approximate surface area is 637 Å². The second-order valence-corrected chi connectivity index (χ2v) is 28.7. The van der Waals surface area contributed by atoms with Gasteiger partial charge in [0, 0.05) is 65.8 Å². The first-order valence-electron chi connectivity index (χ1n) is 37.9. The fourth-order valence-corrected chi connectivity index (χ4v) is 17.4. The van der Waals surface area contributed by atoms with Crippen molar-refractivity contribution >= 4 is 98.0 Å². The summed E-state index contributed by atoms with van der Waals surface area (Å²) < 4.78 is 9.82. The second-order valence-electron chi connectivity index (χ2n) is 28.7. The van der Waals surface area contributed by atoms with Gasteiger partial charge >= 0.3 is 0 Å². The third-order valence-electron chi connectivity index (χ3n) is 22.4. The molecule has 4 aromatic heterocycles. The van der Waals surface area contributed by atoms with E-state index in [0.717, 1.165) is 17.1 Å². The lowest BCUT2D eigenvalue weighted by Gasteiger charge is -2.15. The lowest BCUT2D eigenvalue weighted by atomic mass is 9.93.